The number of aryl methyl sites for hydroxylation is 2. The van der Waals surface area contributed by atoms with Crippen molar-refractivity contribution in [2.75, 3.05) is 6.54 Å². The van der Waals surface area contributed by atoms with Gasteiger partial charge in [-0.2, -0.15) is 5.10 Å². The summed E-state index contributed by atoms with van der Waals surface area (Å²) in [5.41, 5.74) is 7.16. The van der Waals surface area contributed by atoms with Crippen molar-refractivity contribution in [2.24, 2.45) is 12.8 Å². The Bertz CT molecular complexity index is 434. The maximum absolute atomic E-state index is 11.7. The number of nitrogens with zero attached hydrogens (tertiary/aromatic N) is 2. The molecule has 0 radical (unpaired) electrons. The smallest absolute Gasteiger partial charge is 0.407 e. The van der Waals surface area contributed by atoms with E-state index in [-0.39, 0.29) is 6.04 Å². The van der Waals surface area contributed by atoms with Gasteiger partial charge in [-0.25, -0.2) is 4.79 Å². The van der Waals surface area contributed by atoms with Gasteiger partial charge in [-0.05, 0) is 33.8 Å². The number of nitrogens with one attached hydrogen (secondary N) is 1. The van der Waals surface area contributed by atoms with E-state index in [9.17, 15) is 4.79 Å². The second-order valence-electron chi connectivity index (χ2n) is 5.68. The number of alkyl carbamates (subject to hydrolysis) is 1. The minimum Gasteiger partial charge on any atom is -0.444 e. The number of amides is 1. The van der Waals surface area contributed by atoms with Crippen molar-refractivity contribution in [1.29, 1.82) is 0 Å². The third-order valence-electron chi connectivity index (χ3n) is 2.56. The maximum atomic E-state index is 11.7. The Labute approximate surface area is 114 Å². The molecular formula is C13H24N4O2. The Morgan fingerprint density at radius 1 is 1.58 bits per heavy atom. The van der Waals surface area contributed by atoms with E-state index in [1.165, 1.54) is 0 Å². The lowest BCUT2D eigenvalue weighted by atomic mass is 10.1. The molecule has 0 bridgehead atoms. The lowest BCUT2D eigenvalue weighted by molar-refractivity contribution is 0.0505. The highest BCUT2D eigenvalue weighted by molar-refractivity contribution is 5.68. The number of carbonyl (C=O) groups is 1. The first kappa shape index (κ1) is 15.5. The lowest BCUT2D eigenvalue weighted by Crippen LogP contribution is -2.44. The van der Waals surface area contributed by atoms with Crippen LogP contribution in [-0.2, 0) is 18.2 Å². The van der Waals surface area contributed by atoms with Crippen LogP contribution in [0.5, 0.6) is 0 Å². The Hall–Kier alpha value is -1.56. The zero-order valence-electron chi connectivity index (χ0n) is 12.4. The first-order chi connectivity index (χ1) is 8.71. The largest absolute Gasteiger partial charge is 0.444 e. The molecule has 0 aliphatic rings. The first-order valence-electron chi connectivity index (χ1n) is 6.40. The molecular weight excluding hydrogens is 244 g/mol. The normalized spacial score (nSPS) is 13.2. The molecule has 0 saturated carbocycles. The molecule has 19 heavy (non-hydrogen) atoms. The van der Waals surface area contributed by atoms with Crippen LogP contribution in [0.25, 0.3) is 0 Å². The third-order valence-corrected chi connectivity index (χ3v) is 2.56. The van der Waals surface area contributed by atoms with E-state index in [0.717, 1.165) is 11.4 Å². The van der Waals surface area contributed by atoms with E-state index in [2.05, 4.69) is 10.4 Å². The van der Waals surface area contributed by atoms with Gasteiger partial charge in [0.05, 0.1) is 5.69 Å². The van der Waals surface area contributed by atoms with Crippen molar-refractivity contribution < 1.29 is 9.53 Å². The van der Waals surface area contributed by atoms with Crippen molar-refractivity contribution >= 4 is 6.09 Å². The van der Waals surface area contributed by atoms with Gasteiger partial charge in [-0.3, -0.25) is 4.68 Å². The van der Waals surface area contributed by atoms with E-state index in [1.807, 2.05) is 40.8 Å². The van der Waals surface area contributed by atoms with E-state index in [4.69, 9.17) is 10.5 Å². The van der Waals surface area contributed by atoms with E-state index < -0.39 is 11.7 Å². The van der Waals surface area contributed by atoms with Crippen molar-refractivity contribution in [3.63, 3.8) is 0 Å². The van der Waals surface area contributed by atoms with Gasteiger partial charge in [0.1, 0.15) is 5.60 Å². The molecule has 6 heteroatoms. The summed E-state index contributed by atoms with van der Waals surface area (Å²) in [5, 5.41) is 7.05. The molecule has 0 aliphatic carbocycles. The molecule has 108 valence electrons. The van der Waals surface area contributed by atoms with Gasteiger partial charge < -0.3 is 15.8 Å². The van der Waals surface area contributed by atoms with Gasteiger partial charge in [0.2, 0.25) is 0 Å². The third kappa shape index (κ3) is 5.30. The predicted molar refractivity (Wildman–Crippen MR) is 73.9 cm³/mol. The summed E-state index contributed by atoms with van der Waals surface area (Å²) in [4.78, 5) is 11.7. The molecule has 3 N–H and O–H groups in total. The van der Waals surface area contributed by atoms with Crippen molar-refractivity contribution in [3.8, 4) is 0 Å². The highest BCUT2D eigenvalue weighted by Gasteiger charge is 2.19. The van der Waals surface area contributed by atoms with Crippen LogP contribution in [0, 0.1) is 6.92 Å². The number of rotatable bonds is 4. The zero-order chi connectivity index (χ0) is 14.6. The molecule has 6 nitrogen and oxygen atoms in total. The fourth-order valence-corrected chi connectivity index (χ4v) is 1.78. The molecule has 1 heterocycles. The van der Waals surface area contributed by atoms with Crippen LogP contribution in [0.4, 0.5) is 4.79 Å². The summed E-state index contributed by atoms with van der Waals surface area (Å²) in [6.45, 7) is 7.77. The van der Waals surface area contributed by atoms with Crippen molar-refractivity contribution in [2.45, 2.75) is 45.8 Å². The quantitative estimate of drug-likeness (QED) is 0.857. The highest BCUT2D eigenvalue weighted by Crippen LogP contribution is 2.08. The second kappa shape index (κ2) is 6.06. The number of hydrogen-bond donors (Lipinski definition) is 2. The van der Waals surface area contributed by atoms with Crippen LogP contribution in [0.2, 0.25) is 0 Å². The average molecular weight is 268 g/mol. The Morgan fingerprint density at radius 2 is 2.21 bits per heavy atom. The Balaban J connectivity index is 2.59. The molecule has 0 fully saturated rings. The molecule has 1 aromatic heterocycles. The van der Waals surface area contributed by atoms with Crippen LogP contribution in [0.1, 0.15) is 32.2 Å². The summed E-state index contributed by atoms with van der Waals surface area (Å²) >= 11 is 0. The molecule has 0 saturated heterocycles. The fourth-order valence-electron chi connectivity index (χ4n) is 1.78. The summed E-state index contributed by atoms with van der Waals surface area (Å²) < 4.78 is 7.02. The van der Waals surface area contributed by atoms with Crippen LogP contribution in [-0.4, -0.2) is 34.1 Å². The Kier molecular flexibility index (Phi) is 4.94. The molecule has 0 aromatic carbocycles. The molecule has 1 atom stereocenters. The predicted octanol–water partition coefficient (Wildman–Crippen LogP) is 1.12. The van der Waals surface area contributed by atoms with Gasteiger partial charge in [-0.15, -0.1) is 0 Å². The number of ether oxygens (including phenoxy) is 1. The average Bonchev–Trinajstić information content (AvgIpc) is 2.53. The minimum absolute atomic E-state index is 0.162. The molecule has 0 aliphatic heterocycles. The van der Waals surface area contributed by atoms with Crippen LogP contribution < -0.4 is 11.1 Å². The molecule has 0 spiro atoms. The number of nitrogens with two attached hydrogens (primary N) is 1. The van der Waals surface area contributed by atoms with E-state index in [0.29, 0.717) is 13.0 Å². The Morgan fingerprint density at radius 3 is 2.63 bits per heavy atom. The number of aromatic nitrogens is 2. The summed E-state index contributed by atoms with van der Waals surface area (Å²) in [5.74, 6) is 0. The number of hydrogen-bond acceptors (Lipinski definition) is 4. The van der Waals surface area contributed by atoms with Gasteiger partial charge in [0.25, 0.3) is 0 Å². The molecule has 1 aromatic rings. The number of carbonyl (C=O) groups excluding carboxylic acids is 1. The van der Waals surface area contributed by atoms with Crippen molar-refractivity contribution in [3.05, 3.63) is 17.5 Å². The van der Waals surface area contributed by atoms with E-state index >= 15 is 0 Å². The lowest BCUT2D eigenvalue weighted by Gasteiger charge is -2.23. The van der Waals surface area contributed by atoms with Crippen LogP contribution in [0.15, 0.2) is 6.07 Å². The molecule has 1 amide bonds. The standard InChI is InChI=1S/C13H24N4O2/c1-9-6-11(17(5)16-9)7-10(8-14)15-12(18)19-13(2,3)4/h6,10H,7-8,14H2,1-5H3,(H,15,18). The summed E-state index contributed by atoms with van der Waals surface area (Å²) in [6, 6.07) is 1.82. The molecule has 1 rings (SSSR count). The summed E-state index contributed by atoms with van der Waals surface area (Å²) in [6.07, 6.45) is 0.189. The SMILES string of the molecule is Cc1cc(CC(CN)NC(=O)OC(C)(C)C)n(C)n1. The summed E-state index contributed by atoms with van der Waals surface area (Å²) in [7, 11) is 1.88. The van der Waals surface area contributed by atoms with Crippen LogP contribution >= 0.6 is 0 Å². The molecule has 1 unspecified atom stereocenters. The topological polar surface area (TPSA) is 82.2 Å². The van der Waals surface area contributed by atoms with Gasteiger partial charge in [0.15, 0.2) is 0 Å². The highest BCUT2D eigenvalue weighted by atomic mass is 16.6. The first-order valence-corrected chi connectivity index (χ1v) is 6.40. The minimum atomic E-state index is -0.508. The van der Waals surface area contributed by atoms with Crippen LogP contribution in [0.3, 0.4) is 0 Å². The van der Waals surface area contributed by atoms with Crippen molar-refractivity contribution in [1.82, 2.24) is 15.1 Å². The van der Waals surface area contributed by atoms with Gasteiger partial charge in [0, 0.05) is 31.7 Å². The second-order valence-corrected chi connectivity index (χ2v) is 5.68. The maximum Gasteiger partial charge on any atom is 0.407 e. The van der Waals surface area contributed by atoms with Gasteiger partial charge in [-0.1, -0.05) is 0 Å². The zero-order valence-corrected chi connectivity index (χ0v) is 12.4. The fraction of sp³-hybridized carbons (Fsp3) is 0.692. The van der Waals surface area contributed by atoms with Gasteiger partial charge >= 0.3 is 6.09 Å². The van der Waals surface area contributed by atoms with E-state index in [1.54, 1.807) is 4.68 Å². The monoisotopic (exact) mass is 268 g/mol.